The lowest BCUT2D eigenvalue weighted by molar-refractivity contribution is -0.140. The zero-order valence-electron chi connectivity index (χ0n) is 17.5. The number of carbonyl (C=O) groups excluding carboxylic acids is 1. The first-order chi connectivity index (χ1) is 14.7. The van der Waals surface area contributed by atoms with E-state index < -0.39 is 24.9 Å². The minimum absolute atomic E-state index is 0.0947. The second-order valence-corrected chi connectivity index (χ2v) is 7.21. The van der Waals surface area contributed by atoms with Gasteiger partial charge in [-0.25, -0.2) is 9.97 Å². The lowest BCUT2D eigenvalue weighted by Crippen LogP contribution is -2.19. The third kappa shape index (κ3) is 6.14. The molecule has 2 heterocycles. The smallest absolute Gasteiger partial charge is 0.393 e. The summed E-state index contributed by atoms with van der Waals surface area (Å²) in [6.45, 7) is 4.25. The number of rotatable bonds is 7. The van der Waals surface area contributed by atoms with Gasteiger partial charge in [-0.3, -0.25) is 4.79 Å². The van der Waals surface area contributed by atoms with Crippen molar-refractivity contribution in [1.29, 1.82) is 0 Å². The summed E-state index contributed by atoms with van der Waals surface area (Å²) in [5, 5.41) is 3.22. The standard InChI is InChI=1S/C21H24F3N3O4/c1-12(15-6-4-5-14(9-15)11-21(22,23)24)25-19-18(20-30-7-8-31-20)16(10-17(28)29-3)26-13(2)27-19/h4-6,9,12,20H,7-8,10-11H2,1-3H3,(H,25,26,27)/t12-/m1/s1. The van der Waals surface area contributed by atoms with Gasteiger partial charge in [-0.15, -0.1) is 0 Å². The maximum atomic E-state index is 12.8. The second-order valence-electron chi connectivity index (χ2n) is 7.21. The highest BCUT2D eigenvalue weighted by atomic mass is 19.4. The summed E-state index contributed by atoms with van der Waals surface area (Å²) in [4.78, 5) is 20.7. The Morgan fingerprint density at radius 1 is 1.29 bits per heavy atom. The van der Waals surface area contributed by atoms with Crippen molar-refractivity contribution in [3.63, 3.8) is 0 Å². The van der Waals surface area contributed by atoms with Crippen LogP contribution in [0.1, 0.15) is 47.5 Å². The molecule has 1 aromatic heterocycles. The number of hydrogen-bond donors (Lipinski definition) is 1. The molecule has 0 amide bonds. The molecule has 0 radical (unpaired) electrons. The first-order valence-corrected chi connectivity index (χ1v) is 9.76. The Morgan fingerprint density at radius 3 is 2.65 bits per heavy atom. The van der Waals surface area contributed by atoms with Gasteiger partial charge in [-0.2, -0.15) is 13.2 Å². The van der Waals surface area contributed by atoms with Crippen molar-refractivity contribution in [3.8, 4) is 0 Å². The zero-order valence-corrected chi connectivity index (χ0v) is 17.5. The molecule has 0 bridgehead atoms. The van der Waals surface area contributed by atoms with Gasteiger partial charge in [0.1, 0.15) is 11.6 Å². The fourth-order valence-electron chi connectivity index (χ4n) is 3.36. The number of hydrogen-bond acceptors (Lipinski definition) is 7. The van der Waals surface area contributed by atoms with Crippen LogP contribution in [0.15, 0.2) is 24.3 Å². The lowest BCUT2D eigenvalue weighted by atomic mass is 10.0. The highest BCUT2D eigenvalue weighted by Gasteiger charge is 2.30. The maximum Gasteiger partial charge on any atom is 0.393 e. The van der Waals surface area contributed by atoms with Gasteiger partial charge in [0.25, 0.3) is 0 Å². The number of benzene rings is 1. The van der Waals surface area contributed by atoms with E-state index in [9.17, 15) is 18.0 Å². The molecule has 0 aliphatic carbocycles. The fourth-order valence-corrected chi connectivity index (χ4v) is 3.36. The van der Waals surface area contributed by atoms with Crippen molar-refractivity contribution in [2.45, 2.75) is 45.2 Å². The van der Waals surface area contributed by atoms with Gasteiger partial charge in [0.05, 0.1) is 44.4 Å². The summed E-state index contributed by atoms with van der Waals surface area (Å²) < 4.78 is 54.3. The number of methoxy groups -OCH3 is 1. The molecule has 0 spiro atoms. The van der Waals surface area contributed by atoms with Gasteiger partial charge in [-0.05, 0) is 25.0 Å². The Hall–Kier alpha value is -2.72. The topological polar surface area (TPSA) is 82.6 Å². The van der Waals surface area contributed by atoms with Gasteiger partial charge >= 0.3 is 12.1 Å². The van der Waals surface area contributed by atoms with Gasteiger partial charge < -0.3 is 19.5 Å². The van der Waals surface area contributed by atoms with Crippen LogP contribution in [-0.4, -0.2) is 42.4 Å². The van der Waals surface area contributed by atoms with E-state index in [1.807, 2.05) is 6.92 Å². The van der Waals surface area contributed by atoms with Crippen molar-refractivity contribution >= 4 is 11.8 Å². The van der Waals surface area contributed by atoms with E-state index >= 15 is 0 Å². The predicted molar refractivity (Wildman–Crippen MR) is 105 cm³/mol. The first kappa shape index (κ1) is 23.0. The Morgan fingerprint density at radius 2 is 2.00 bits per heavy atom. The van der Waals surface area contributed by atoms with E-state index in [2.05, 4.69) is 15.3 Å². The number of nitrogens with zero attached hydrogens (tertiary/aromatic N) is 2. The summed E-state index contributed by atoms with van der Waals surface area (Å²) in [6.07, 6.45) is -6.14. The minimum atomic E-state index is -4.29. The molecule has 1 aliphatic heterocycles. The predicted octanol–water partition coefficient (Wildman–Crippen LogP) is 3.82. The molecular weight excluding hydrogens is 415 g/mol. The lowest BCUT2D eigenvalue weighted by Gasteiger charge is -2.22. The van der Waals surface area contributed by atoms with Crippen molar-refractivity contribution < 1.29 is 32.2 Å². The molecule has 0 saturated carbocycles. The molecule has 168 valence electrons. The Balaban J connectivity index is 1.93. The molecule has 1 saturated heterocycles. The molecule has 1 aliphatic rings. The monoisotopic (exact) mass is 439 g/mol. The second kappa shape index (κ2) is 9.61. The maximum absolute atomic E-state index is 12.8. The van der Waals surface area contributed by atoms with Crippen LogP contribution in [0, 0.1) is 6.92 Å². The number of ether oxygens (including phenoxy) is 3. The number of halogens is 3. The molecule has 7 nitrogen and oxygen atoms in total. The average molecular weight is 439 g/mol. The number of aryl methyl sites for hydroxylation is 1. The van der Waals surface area contributed by atoms with E-state index in [0.717, 1.165) is 0 Å². The van der Waals surface area contributed by atoms with Crippen LogP contribution in [-0.2, 0) is 31.8 Å². The largest absolute Gasteiger partial charge is 0.469 e. The summed E-state index contributed by atoms with van der Waals surface area (Å²) in [7, 11) is 1.29. The van der Waals surface area contributed by atoms with Gasteiger partial charge in [0.15, 0.2) is 6.29 Å². The number of esters is 1. The summed E-state index contributed by atoms with van der Waals surface area (Å²) >= 11 is 0. The zero-order chi connectivity index (χ0) is 22.6. The molecule has 2 aromatic rings. The van der Waals surface area contributed by atoms with Crippen molar-refractivity contribution in [3.05, 3.63) is 52.5 Å². The fraction of sp³-hybridized carbons (Fsp3) is 0.476. The van der Waals surface area contributed by atoms with E-state index in [1.54, 1.807) is 19.1 Å². The van der Waals surface area contributed by atoms with Gasteiger partial charge in [0, 0.05) is 6.04 Å². The van der Waals surface area contributed by atoms with Gasteiger partial charge in [0.2, 0.25) is 0 Å². The number of anilines is 1. The molecule has 3 rings (SSSR count). The van der Waals surface area contributed by atoms with Crippen LogP contribution in [0.4, 0.5) is 19.0 Å². The number of aromatic nitrogens is 2. The normalized spacial score (nSPS) is 15.7. The molecule has 10 heteroatoms. The third-order valence-electron chi connectivity index (χ3n) is 4.74. The first-order valence-electron chi connectivity index (χ1n) is 9.76. The van der Waals surface area contributed by atoms with Crippen LogP contribution in [0.5, 0.6) is 0 Å². The van der Waals surface area contributed by atoms with E-state index in [4.69, 9.17) is 14.2 Å². The highest BCUT2D eigenvalue weighted by molar-refractivity contribution is 5.73. The number of nitrogens with one attached hydrogen (secondary N) is 1. The summed E-state index contributed by atoms with van der Waals surface area (Å²) in [5.74, 6) is 0.337. The van der Waals surface area contributed by atoms with Crippen LogP contribution >= 0.6 is 0 Å². The Labute approximate surface area is 177 Å². The summed E-state index contributed by atoms with van der Waals surface area (Å²) in [6, 6.07) is 5.90. The Kier molecular flexibility index (Phi) is 7.11. The van der Waals surface area contributed by atoms with Gasteiger partial charge in [-0.1, -0.05) is 24.3 Å². The van der Waals surface area contributed by atoms with Crippen molar-refractivity contribution in [2.75, 3.05) is 25.6 Å². The molecule has 1 aromatic carbocycles. The molecule has 0 unspecified atom stereocenters. The van der Waals surface area contributed by atoms with E-state index in [0.29, 0.717) is 41.7 Å². The Bertz CT molecular complexity index is 931. The van der Waals surface area contributed by atoms with Crippen LogP contribution in [0.3, 0.4) is 0 Å². The van der Waals surface area contributed by atoms with Crippen molar-refractivity contribution in [1.82, 2.24) is 9.97 Å². The van der Waals surface area contributed by atoms with Crippen molar-refractivity contribution in [2.24, 2.45) is 0 Å². The SMILES string of the molecule is COC(=O)Cc1nc(C)nc(N[C@H](C)c2cccc(CC(F)(F)F)c2)c1C1OCCO1. The van der Waals surface area contributed by atoms with E-state index in [1.165, 1.54) is 19.2 Å². The molecule has 1 N–H and O–H groups in total. The molecule has 1 atom stereocenters. The summed E-state index contributed by atoms with van der Waals surface area (Å²) in [5.41, 5.74) is 1.72. The molecule has 1 fully saturated rings. The van der Waals surface area contributed by atoms with Crippen LogP contribution in [0.2, 0.25) is 0 Å². The third-order valence-corrected chi connectivity index (χ3v) is 4.74. The number of alkyl halides is 3. The molecular formula is C21H24F3N3O4. The molecule has 31 heavy (non-hydrogen) atoms. The van der Waals surface area contributed by atoms with E-state index in [-0.39, 0.29) is 18.0 Å². The van der Waals surface area contributed by atoms with Crippen LogP contribution in [0.25, 0.3) is 0 Å². The quantitative estimate of drug-likeness (QED) is 0.657. The average Bonchev–Trinajstić information content (AvgIpc) is 3.20. The number of carbonyl (C=O) groups is 1. The minimum Gasteiger partial charge on any atom is -0.469 e. The van der Waals surface area contributed by atoms with Crippen LogP contribution < -0.4 is 5.32 Å². The highest BCUT2D eigenvalue weighted by Crippen LogP contribution is 2.33.